The van der Waals surface area contributed by atoms with E-state index in [4.69, 9.17) is 16.3 Å². The molecule has 208 valence electrons. The lowest BCUT2D eigenvalue weighted by Gasteiger charge is -2.37. The lowest BCUT2D eigenvalue weighted by molar-refractivity contribution is -0.143. The van der Waals surface area contributed by atoms with Crippen LogP contribution in [0.1, 0.15) is 32.3 Å². The zero-order valence-electron chi connectivity index (χ0n) is 22.1. The molecule has 0 saturated carbocycles. The zero-order chi connectivity index (χ0) is 28.1. The number of nitrogens with one attached hydrogen (secondary N) is 2. The van der Waals surface area contributed by atoms with E-state index in [1.165, 1.54) is 4.90 Å². The molecule has 2 aromatic carbocycles. The number of para-hydroxylation sites is 2. The summed E-state index contributed by atoms with van der Waals surface area (Å²) >= 11 is 10.1. The van der Waals surface area contributed by atoms with Gasteiger partial charge in [0.25, 0.3) is 0 Å². The smallest absolute Gasteiger partial charge is 0.250 e. The van der Waals surface area contributed by atoms with Gasteiger partial charge in [-0.15, -0.1) is 0 Å². The van der Waals surface area contributed by atoms with E-state index in [0.29, 0.717) is 29.2 Å². The number of nitrogens with zero attached hydrogens (tertiary/aromatic N) is 1. The second-order valence-corrected chi connectivity index (χ2v) is 12.7. The number of aliphatic hydroxyl groups is 1. The largest absolute Gasteiger partial charge is 0.394 e. The van der Waals surface area contributed by atoms with Crippen molar-refractivity contribution >= 4 is 56.6 Å². The summed E-state index contributed by atoms with van der Waals surface area (Å²) in [6, 6.07) is 12.7. The van der Waals surface area contributed by atoms with Gasteiger partial charge in [0.1, 0.15) is 11.6 Å². The molecule has 3 saturated heterocycles. The molecule has 3 aliphatic rings. The highest BCUT2D eigenvalue weighted by Crippen LogP contribution is 2.60. The number of anilines is 2. The molecule has 0 aliphatic carbocycles. The number of rotatable bonds is 8. The lowest BCUT2D eigenvalue weighted by Crippen LogP contribution is -2.57. The molecule has 2 aromatic rings. The first kappa shape index (κ1) is 28.1. The van der Waals surface area contributed by atoms with Crippen molar-refractivity contribution in [3.63, 3.8) is 0 Å². The van der Waals surface area contributed by atoms with Crippen molar-refractivity contribution in [1.29, 1.82) is 0 Å². The monoisotopic (exact) mass is 617 g/mol. The number of fused-ring (bicyclic) bond motifs is 1. The molecule has 39 heavy (non-hydrogen) atoms. The Balaban J connectivity index is 1.56. The van der Waals surface area contributed by atoms with Crippen LogP contribution in [0, 0.1) is 24.7 Å². The molecular weight excluding hydrogens is 586 g/mol. The van der Waals surface area contributed by atoms with Gasteiger partial charge in [0.05, 0.1) is 41.3 Å². The van der Waals surface area contributed by atoms with E-state index in [9.17, 15) is 19.5 Å². The molecule has 3 unspecified atom stereocenters. The molecule has 3 fully saturated rings. The average Bonchev–Trinajstić information content (AvgIpc) is 3.48. The zero-order valence-corrected chi connectivity index (χ0v) is 24.4. The van der Waals surface area contributed by atoms with Crippen LogP contribution >= 0.6 is 27.5 Å². The summed E-state index contributed by atoms with van der Waals surface area (Å²) in [7, 11) is 0. The van der Waals surface area contributed by atoms with Crippen LogP contribution in [0.5, 0.6) is 0 Å². The van der Waals surface area contributed by atoms with Gasteiger partial charge < -0.3 is 25.4 Å². The van der Waals surface area contributed by atoms with E-state index in [-0.39, 0.29) is 29.2 Å². The highest BCUT2D eigenvalue weighted by Gasteiger charge is 2.77. The van der Waals surface area contributed by atoms with Crippen molar-refractivity contribution in [2.45, 2.75) is 62.2 Å². The topological polar surface area (TPSA) is 108 Å². The summed E-state index contributed by atoms with van der Waals surface area (Å²) in [5.74, 6) is -2.65. The second kappa shape index (κ2) is 10.8. The van der Waals surface area contributed by atoms with Crippen molar-refractivity contribution in [2.24, 2.45) is 17.8 Å². The minimum absolute atomic E-state index is 0.153. The Kier molecular flexibility index (Phi) is 7.81. The summed E-state index contributed by atoms with van der Waals surface area (Å²) in [5, 5.41) is 16.7. The Hall–Kier alpha value is -2.46. The summed E-state index contributed by atoms with van der Waals surface area (Å²) in [6.07, 6.45) is 0.279. The molecule has 0 radical (unpaired) electrons. The van der Waals surface area contributed by atoms with Crippen molar-refractivity contribution in [1.82, 2.24) is 4.90 Å². The molecule has 10 heteroatoms. The van der Waals surface area contributed by atoms with Crippen molar-refractivity contribution in [3.8, 4) is 0 Å². The maximum atomic E-state index is 14.3. The fourth-order valence-electron chi connectivity index (χ4n) is 6.61. The third-order valence-corrected chi connectivity index (χ3v) is 9.30. The van der Waals surface area contributed by atoms with Crippen LogP contribution in [0.15, 0.2) is 48.5 Å². The van der Waals surface area contributed by atoms with Crippen LogP contribution in [0.4, 0.5) is 11.4 Å². The lowest BCUT2D eigenvalue weighted by atomic mass is 9.70. The first-order valence-electron chi connectivity index (χ1n) is 13.3. The first-order chi connectivity index (χ1) is 18.6. The van der Waals surface area contributed by atoms with E-state index >= 15 is 0 Å². The van der Waals surface area contributed by atoms with Gasteiger partial charge in [0.15, 0.2) is 0 Å². The summed E-state index contributed by atoms with van der Waals surface area (Å²) in [4.78, 5) is 43.3. The number of carbonyl (C=O) groups excluding carboxylic acids is 3. The van der Waals surface area contributed by atoms with Crippen LogP contribution in [-0.2, 0) is 19.1 Å². The fraction of sp³-hybridized carbons (Fsp3) is 0.483. The Bertz CT molecular complexity index is 1260. The number of likely N-dealkylation sites (tertiary alicyclic amines) is 1. The number of hydrogen-bond donors (Lipinski definition) is 3. The van der Waals surface area contributed by atoms with Crippen molar-refractivity contribution in [2.75, 3.05) is 17.2 Å². The average molecular weight is 619 g/mol. The number of alkyl halides is 1. The predicted octanol–water partition coefficient (Wildman–Crippen LogP) is 4.38. The highest BCUT2D eigenvalue weighted by molar-refractivity contribution is 9.09. The fourth-order valence-corrected chi connectivity index (χ4v) is 7.82. The Labute approximate surface area is 241 Å². The number of ether oxygens (including phenoxy) is 1. The molecule has 3 heterocycles. The molecule has 0 aromatic heterocycles. The molecule has 7 atom stereocenters. The van der Waals surface area contributed by atoms with Crippen LogP contribution in [0.2, 0.25) is 5.02 Å². The van der Waals surface area contributed by atoms with Gasteiger partial charge in [-0.2, -0.15) is 0 Å². The number of benzene rings is 2. The van der Waals surface area contributed by atoms with Gasteiger partial charge in [-0.3, -0.25) is 14.4 Å². The quantitative estimate of drug-likeness (QED) is 0.381. The van der Waals surface area contributed by atoms with Crippen LogP contribution in [-0.4, -0.2) is 63.0 Å². The minimum Gasteiger partial charge on any atom is -0.394 e. The van der Waals surface area contributed by atoms with Crippen LogP contribution in [0.3, 0.4) is 0 Å². The maximum Gasteiger partial charge on any atom is 0.250 e. The number of aryl methyl sites for hydroxylation is 1. The Morgan fingerprint density at radius 3 is 2.51 bits per heavy atom. The normalized spacial score (nSPS) is 30.0. The van der Waals surface area contributed by atoms with Gasteiger partial charge >= 0.3 is 0 Å². The third-order valence-electron chi connectivity index (χ3n) is 8.14. The number of hydrogen-bond acceptors (Lipinski definition) is 5. The van der Waals surface area contributed by atoms with Gasteiger partial charge in [0, 0.05) is 10.5 Å². The van der Waals surface area contributed by atoms with Gasteiger partial charge in [-0.25, -0.2) is 0 Å². The number of amides is 3. The van der Waals surface area contributed by atoms with Gasteiger partial charge in [0.2, 0.25) is 17.7 Å². The van der Waals surface area contributed by atoms with Crippen molar-refractivity contribution in [3.05, 3.63) is 59.1 Å². The number of halogens is 2. The minimum atomic E-state index is -1.24. The van der Waals surface area contributed by atoms with Crippen LogP contribution < -0.4 is 10.6 Å². The summed E-state index contributed by atoms with van der Waals surface area (Å²) < 4.78 is 6.55. The molecule has 5 rings (SSSR count). The SMILES string of the molecule is Cc1cccc(Cl)c1NC(=O)C1N([C@@H](CO)CC(C)C)C(=O)[C@@H]2[C@H](C(=O)Nc3ccccc3)[C@H]3OC12CC3Br. The molecular formula is C29H33BrClN3O5. The number of aliphatic hydroxyl groups excluding tert-OH is 1. The van der Waals surface area contributed by atoms with E-state index in [1.807, 2.05) is 45.0 Å². The van der Waals surface area contributed by atoms with E-state index in [1.54, 1.807) is 24.3 Å². The summed E-state index contributed by atoms with van der Waals surface area (Å²) in [6.45, 7) is 5.52. The van der Waals surface area contributed by atoms with Crippen LogP contribution in [0.25, 0.3) is 0 Å². The highest BCUT2D eigenvalue weighted by atomic mass is 79.9. The van der Waals surface area contributed by atoms with E-state index in [2.05, 4.69) is 26.6 Å². The van der Waals surface area contributed by atoms with E-state index in [0.717, 1.165) is 5.56 Å². The first-order valence-corrected chi connectivity index (χ1v) is 14.5. The molecule has 8 nitrogen and oxygen atoms in total. The Morgan fingerprint density at radius 1 is 1.15 bits per heavy atom. The van der Waals surface area contributed by atoms with Gasteiger partial charge in [-0.05, 0) is 49.4 Å². The molecule has 3 amide bonds. The summed E-state index contributed by atoms with van der Waals surface area (Å²) in [5.41, 5.74) is 0.612. The molecule has 3 aliphatic heterocycles. The maximum absolute atomic E-state index is 14.3. The Morgan fingerprint density at radius 2 is 1.87 bits per heavy atom. The molecule has 3 N–H and O–H groups in total. The van der Waals surface area contributed by atoms with E-state index < -0.39 is 41.5 Å². The molecule has 2 bridgehead atoms. The molecule has 1 spiro atoms. The van der Waals surface area contributed by atoms with Gasteiger partial charge in [-0.1, -0.05) is 71.7 Å². The number of carbonyl (C=O) groups is 3. The predicted molar refractivity (Wildman–Crippen MR) is 153 cm³/mol. The third kappa shape index (κ3) is 4.77. The van der Waals surface area contributed by atoms with Crippen molar-refractivity contribution < 1.29 is 24.2 Å². The standard InChI is InChI=1S/C29H33BrClN3O5/c1-15(2)12-18(14-35)34-25(27(37)33-23-16(3)8-7-11-20(23)31)29-13-19(30)24(39-29)21(22(29)28(34)38)26(36)32-17-9-5-4-6-10-17/h4-11,15,18-19,21-22,24-25,35H,12-14H2,1-3H3,(H,32,36)(H,33,37)/t18-,19?,21+,22+,24+,25?,29?/m1/s1. The second-order valence-electron chi connectivity index (χ2n) is 11.2.